The molecule has 5 atom stereocenters. The van der Waals surface area contributed by atoms with E-state index in [-0.39, 0.29) is 22.8 Å². The zero-order chi connectivity index (χ0) is 19.6. The molecule has 0 amide bonds. The van der Waals surface area contributed by atoms with Crippen LogP contribution in [0.25, 0.3) is 0 Å². The summed E-state index contributed by atoms with van der Waals surface area (Å²) in [7, 11) is 2.45. The van der Waals surface area contributed by atoms with Crippen molar-refractivity contribution >= 4 is 11.9 Å². The van der Waals surface area contributed by atoms with Gasteiger partial charge in [-0.25, -0.2) is 9.59 Å². The predicted molar refractivity (Wildman–Crippen MR) is 81.5 cm³/mol. The molecule has 1 aliphatic rings. The molecule has 144 valence electrons. The molecule has 0 radical (unpaired) electrons. The summed E-state index contributed by atoms with van der Waals surface area (Å²) in [4.78, 5) is 22.3. The molecule has 1 heterocycles. The fraction of sp³-hybridized carbons (Fsp3) is 0.467. The van der Waals surface area contributed by atoms with Crippen molar-refractivity contribution in [2.24, 2.45) is 0 Å². The number of aliphatic hydroxyl groups is 3. The number of aliphatic hydroxyl groups excluding tert-OH is 3. The molecule has 11 nitrogen and oxygen atoms in total. The monoisotopic (exact) mass is 374 g/mol. The van der Waals surface area contributed by atoms with Gasteiger partial charge in [0.15, 0.2) is 17.6 Å². The van der Waals surface area contributed by atoms with Crippen molar-refractivity contribution in [3.05, 3.63) is 17.7 Å². The predicted octanol–water partition coefficient (Wildman–Crippen LogP) is -1.33. The first-order chi connectivity index (χ1) is 12.2. The summed E-state index contributed by atoms with van der Waals surface area (Å²) in [6, 6.07) is 2.24. The molecule has 11 heteroatoms. The van der Waals surface area contributed by atoms with Gasteiger partial charge in [-0.2, -0.15) is 0 Å². The summed E-state index contributed by atoms with van der Waals surface area (Å²) in [5, 5.41) is 47.6. The van der Waals surface area contributed by atoms with Gasteiger partial charge in [0.1, 0.15) is 18.3 Å². The maximum absolute atomic E-state index is 11.1. The Kier molecular flexibility index (Phi) is 5.87. The number of benzene rings is 1. The summed E-state index contributed by atoms with van der Waals surface area (Å²) in [5.41, 5.74) is -0.171. The first kappa shape index (κ1) is 19.7. The van der Waals surface area contributed by atoms with Gasteiger partial charge in [0.05, 0.1) is 19.8 Å². The standard InChI is InChI=1S/C15H18O11/c1-23-6-3-5(13(19)20)4-7(24-2)11(6)25-15-10(18)8(16)9(17)12(26-15)14(21)22/h3-4,8-10,12,15-18H,1-2H3,(H,19,20)(H,21,22)/t8-,9-,10+,12-,15+/m0/s1. The number of hydrogen-bond acceptors (Lipinski definition) is 9. The highest BCUT2D eigenvalue weighted by Crippen LogP contribution is 2.40. The summed E-state index contributed by atoms with van der Waals surface area (Å²) in [6.07, 6.45) is -9.08. The Morgan fingerprint density at radius 3 is 1.92 bits per heavy atom. The van der Waals surface area contributed by atoms with Crippen LogP contribution in [-0.2, 0) is 9.53 Å². The van der Waals surface area contributed by atoms with Gasteiger partial charge < -0.3 is 44.5 Å². The van der Waals surface area contributed by atoms with Gasteiger partial charge in [-0.3, -0.25) is 0 Å². The minimum absolute atomic E-state index is 0.0926. The van der Waals surface area contributed by atoms with Crippen molar-refractivity contribution in [3.63, 3.8) is 0 Å². The zero-order valence-corrected chi connectivity index (χ0v) is 13.7. The van der Waals surface area contributed by atoms with Crippen LogP contribution in [0.15, 0.2) is 12.1 Å². The Hall–Kier alpha value is -2.60. The van der Waals surface area contributed by atoms with E-state index in [1.807, 2.05) is 0 Å². The molecule has 26 heavy (non-hydrogen) atoms. The number of carboxylic acid groups (broad SMARTS) is 2. The SMILES string of the molecule is COc1cc(C(=O)O)cc(OC)c1O[C@@H]1O[C@H](C(=O)O)[C@@H](O)[C@H](O)[C@H]1O. The summed E-state index contributed by atoms with van der Waals surface area (Å²) < 4.78 is 20.5. The summed E-state index contributed by atoms with van der Waals surface area (Å²) in [6.45, 7) is 0. The maximum atomic E-state index is 11.1. The summed E-state index contributed by atoms with van der Waals surface area (Å²) >= 11 is 0. The van der Waals surface area contributed by atoms with Crippen molar-refractivity contribution in [1.82, 2.24) is 0 Å². The molecule has 1 saturated heterocycles. The van der Waals surface area contributed by atoms with Crippen LogP contribution in [-0.4, -0.2) is 82.4 Å². The first-order valence-electron chi connectivity index (χ1n) is 7.29. The molecule has 0 aromatic heterocycles. The van der Waals surface area contributed by atoms with Crippen LogP contribution in [0.5, 0.6) is 17.2 Å². The molecule has 1 aromatic rings. The van der Waals surface area contributed by atoms with Crippen molar-refractivity contribution in [3.8, 4) is 17.2 Å². The van der Waals surface area contributed by atoms with Gasteiger partial charge in [-0.15, -0.1) is 0 Å². The number of aromatic carboxylic acids is 1. The molecule has 0 saturated carbocycles. The van der Waals surface area contributed by atoms with Gasteiger partial charge >= 0.3 is 11.9 Å². The first-order valence-corrected chi connectivity index (χ1v) is 7.29. The van der Waals surface area contributed by atoms with E-state index in [4.69, 9.17) is 29.2 Å². The quantitative estimate of drug-likeness (QED) is 0.399. The van der Waals surface area contributed by atoms with E-state index in [2.05, 4.69) is 0 Å². The highest BCUT2D eigenvalue weighted by atomic mass is 16.7. The number of carboxylic acids is 2. The van der Waals surface area contributed by atoms with E-state index >= 15 is 0 Å². The highest BCUT2D eigenvalue weighted by molar-refractivity contribution is 5.89. The number of ether oxygens (including phenoxy) is 4. The molecule has 2 rings (SSSR count). The Labute approximate surface area is 146 Å². The second-order valence-electron chi connectivity index (χ2n) is 5.37. The molecular weight excluding hydrogens is 356 g/mol. The Bertz CT molecular complexity index is 663. The van der Waals surface area contributed by atoms with E-state index in [1.54, 1.807) is 0 Å². The fourth-order valence-corrected chi connectivity index (χ4v) is 2.39. The van der Waals surface area contributed by atoms with Crippen LogP contribution < -0.4 is 14.2 Å². The number of aliphatic carboxylic acids is 1. The van der Waals surface area contributed by atoms with Crippen LogP contribution >= 0.6 is 0 Å². The van der Waals surface area contributed by atoms with Gasteiger partial charge in [-0.1, -0.05) is 0 Å². The number of methoxy groups -OCH3 is 2. The molecule has 5 N–H and O–H groups in total. The van der Waals surface area contributed by atoms with Crippen LogP contribution in [0.1, 0.15) is 10.4 Å². The third-order valence-corrected chi connectivity index (χ3v) is 3.75. The number of carbonyl (C=O) groups is 2. The lowest BCUT2D eigenvalue weighted by atomic mass is 9.99. The Morgan fingerprint density at radius 1 is 0.962 bits per heavy atom. The molecule has 0 spiro atoms. The van der Waals surface area contributed by atoms with Crippen molar-refractivity contribution in [2.75, 3.05) is 14.2 Å². The molecule has 1 fully saturated rings. The molecule has 0 aliphatic carbocycles. The molecular formula is C15H18O11. The lowest BCUT2D eigenvalue weighted by Gasteiger charge is -2.38. The van der Waals surface area contributed by atoms with Gasteiger partial charge in [-0.05, 0) is 12.1 Å². The minimum atomic E-state index is -1.87. The lowest BCUT2D eigenvalue weighted by Crippen LogP contribution is -2.61. The Balaban J connectivity index is 2.39. The Morgan fingerprint density at radius 2 is 1.50 bits per heavy atom. The highest BCUT2D eigenvalue weighted by Gasteiger charge is 2.48. The van der Waals surface area contributed by atoms with Gasteiger partial charge in [0, 0.05) is 0 Å². The van der Waals surface area contributed by atoms with E-state index in [0.717, 1.165) is 12.1 Å². The summed E-state index contributed by atoms with van der Waals surface area (Å²) in [5.74, 6) is -3.20. The van der Waals surface area contributed by atoms with Crippen molar-refractivity contribution in [2.45, 2.75) is 30.7 Å². The van der Waals surface area contributed by atoms with Crippen LogP contribution in [0.3, 0.4) is 0 Å². The van der Waals surface area contributed by atoms with Crippen LogP contribution in [0.2, 0.25) is 0 Å². The van der Waals surface area contributed by atoms with E-state index in [9.17, 15) is 24.9 Å². The molecule has 1 aromatic carbocycles. The number of rotatable bonds is 6. The van der Waals surface area contributed by atoms with Crippen LogP contribution in [0, 0.1) is 0 Å². The van der Waals surface area contributed by atoms with Gasteiger partial charge in [0.2, 0.25) is 12.0 Å². The molecule has 0 unspecified atom stereocenters. The maximum Gasteiger partial charge on any atom is 0.335 e. The van der Waals surface area contributed by atoms with Crippen molar-refractivity contribution < 1.29 is 54.1 Å². The van der Waals surface area contributed by atoms with E-state index in [0.29, 0.717) is 0 Å². The third-order valence-electron chi connectivity index (χ3n) is 3.75. The second-order valence-corrected chi connectivity index (χ2v) is 5.37. The van der Waals surface area contributed by atoms with E-state index < -0.39 is 42.6 Å². The van der Waals surface area contributed by atoms with Crippen LogP contribution in [0.4, 0.5) is 0 Å². The lowest BCUT2D eigenvalue weighted by molar-refractivity contribution is -0.271. The second kappa shape index (κ2) is 7.74. The fourth-order valence-electron chi connectivity index (χ4n) is 2.39. The normalized spacial score (nSPS) is 28.3. The zero-order valence-electron chi connectivity index (χ0n) is 13.7. The van der Waals surface area contributed by atoms with Gasteiger partial charge in [0.25, 0.3) is 0 Å². The van der Waals surface area contributed by atoms with E-state index in [1.165, 1.54) is 14.2 Å². The smallest absolute Gasteiger partial charge is 0.335 e. The minimum Gasteiger partial charge on any atom is -0.493 e. The largest absolute Gasteiger partial charge is 0.493 e. The molecule has 0 bridgehead atoms. The third kappa shape index (κ3) is 3.65. The molecule has 1 aliphatic heterocycles. The van der Waals surface area contributed by atoms with Crippen molar-refractivity contribution in [1.29, 1.82) is 0 Å². The average molecular weight is 374 g/mol. The number of hydrogen-bond donors (Lipinski definition) is 5. The average Bonchev–Trinajstić information content (AvgIpc) is 2.61. The topological polar surface area (TPSA) is 172 Å².